The number of fused-ring (bicyclic) bond motifs is 2. The predicted molar refractivity (Wildman–Crippen MR) is 221 cm³/mol. The molecule has 0 radical (unpaired) electrons. The van der Waals surface area contributed by atoms with E-state index in [9.17, 15) is 23.5 Å². The van der Waals surface area contributed by atoms with Gasteiger partial charge in [-0.25, -0.2) is 8.78 Å². The molecule has 9 nitrogen and oxygen atoms in total. The van der Waals surface area contributed by atoms with Crippen molar-refractivity contribution >= 4 is 24.5 Å². The van der Waals surface area contributed by atoms with Crippen molar-refractivity contribution in [3.05, 3.63) is 118 Å². The summed E-state index contributed by atoms with van der Waals surface area (Å²) in [4.78, 5) is 23.7. The Balaban J connectivity index is 0.000000172. The van der Waals surface area contributed by atoms with Crippen LogP contribution in [0.1, 0.15) is 125 Å². The number of rotatable bonds is 11. The molecule has 4 aromatic rings. The molecule has 0 aromatic heterocycles. The smallest absolute Gasteiger partial charge is 0.495 e. The number of carbonyl (C=O) groups excluding carboxylic acids is 2. The molecule has 1 N–H and O–H groups in total. The average Bonchev–Trinajstić information content (AvgIpc) is 4.09. The maximum atomic E-state index is 15.0. The van der Waals surface area contributed by atoms with E-state index >= 15 is 0 Å². The first-order valence-corrected chi connectivity index (χ1v) is 21.2. The molecule has 5 aliphatic rings. The first-order chi connectivity index (χ1) is 28.7. The van der Waals surface area contributed by atoms with E-state index in [1.165, 1.54) is 18.2 Å². The first kappa shape index (κ1) is 41.8. The summed E-state index contributed by atoms with van der Waals surface area (Å²) in [6.45, 7) is 12.5. The van der Waals surface area contributed by atoms with Crippen LogP contribution in [-0.4, -0.2) is 48.6 Å². The Morgan fingerprint density at radius 2 is 1.10 bits per heavy atom. The Bertz CT molecular complexity index is 2230. The van der Waals surface area contributed by atoms with Gasteiger partial charge >= 0.3 is 19.1 Å². The minimum atomic E-state index is -0.525. The summed E-state index contributed by atoms with van der Waals surface area (Å²) >= 11 is 0. The topological polar surface area (TPSA) is 110 Å². The highest BCUT2D eigenvalue weighted by Gasteiger charge is 2.53. The summed E-state index contributed by atoms with van der Waals surface area (Å²) in [5.41, 5.74) is 4.79. The normalized spacial score (nSPS) is 25.0. The minimum absolute atomic E-state index is 0.0412. The van der Waals surface area contributed by atoms with Gasteiger partial charge in [-0.05, 0) is 157 Å². The number of phenolic OH excluding ortho intramolecular Hbond substituents is 1. The molecule has 6 atom stereocenters. The van der Waals surface area contributed by atoms with Crippen molar-refractivity contribution < 1.29 is 51.7 Å². The molecule has 0 spiro atoms. The molecule has 9 rings (SSSR count). The van der Waals surface area contributed by atoms with Crippen molar-refractivity contribution in [2.24, 2.45) is 11.8 Å². The van der Waals surface area contributed by atoms with Gasteiger partial charge in [-0.15, -0.1) is 0 Å². The predicted octanol–water partition coefficient (Wildman–Crippen LogP) is 9.12. The number of carbonyl (C=O) groups is 2. The SMILES string of the molecule is CCOC(=O)[C@H]1C[C@@H]1c1ccc(O[C@@H]2CCc3c(B4OC(C)(C)C(C)(C)O4)ccc(F)c32)cc1.CCOC(=O)[C@H]1C[C@@H]1c1ccc(O[C@@H]2CCc3c(O)ccc(F)c32)cc1. The maximum Gasteiger partial charge on any atom is 0.495 e. The van der Waals surface area contributed by atoms with Gasteiger partial charge in [-0.1, -0.05) is 30.3 Å². The van der Waals surface area contributed by atoms with Crippen LogP contribution in [0.5, 0.6) is 17.2 Å². The van der Waals surface area contributed by atoms with Crippen molar-refractivity contribution in [3.63, 3.8) is 0 Å². The molecule has 0 unspecified atom stereocenters. The van der Waals surface area contributed by atoms with Crippen molar-refractivity contribution in [3.8, 4) is 17.2 Å². The molecule has 1 heterocycles. The second kappa shape index (κ2) is 16.5. The Hall–Kier alpha value is -4.94. The largest absolute Gasteiger partial charge is 0.508 e. The van der Waals surface area contributed by atoms with E-state index < -0.39 is 24.4 Å². The van der Waals surface area contributed by atoms with Crippen molar-refractivity contribution in [1.82, 2.24) is 0 Å². The van der Waals surface area contributed by atoms with Crippen LogP contribution in [0.3, 0.4) is 0 Å². The van der Waals surface area contributed by atoms with Crippen molar-refractivity contribution in [1.29, 1.82) is 0 Å². The number of phenols is 1. The standard InChI is InChI=1S/C27H32BFO5.C21H21FO4/c1-6-31-25(30)20-15-19(20)16-7-9-17(10-8-16)32-23-14-11-18-21(12-13-22(29)24(18)23)28-33-26(2,3)27(4,5)34-28;1-2-25-21(24)16-11-15(16)12-3-5-13(6-4-12)26-19-10-7-14-18(23)9-8-17(22)20(14)19/h7-10,12-13,19-20,23H,6,11,14-15H2,1-5H3;3-6,8-9,15-16,19,23H,2,7,10-11H2,1H3/t19-,20+,23-;15-,16+,19-/m11/s1. The van der Waals surface area contributed by atoms with Gasteiger partial charge in [0.25, 0.3) is 0 Å². The lowest BCUT2D eigenvalue weighted by atomic mass is 9.75. The summed E-state index contributed by atoms with van der Waals surface area (Å²) in [5, 5.41) is 9.89. The van der Waals surface area contributed by atoms with E-state index in [1.807, 2.05) is 90.1 Å². The van der Waals surface area contributed by atoms with Crippen molar-refractivity contribution in [2.75, 3.05) is 13.2 Å². The van der Waals surface area contributed by atoms with Crippen LogP contribution >= 0.6 is 0 Å². The fourth-order valence-electron chi connectivity index (χ4n) is 8.84. The molecule has 60 heavy (non-hydrogen) atoms. The third-order valence-electron chi connectivity index (χ3n) is 13.0. The second-order valence-electron chi connectivity index (χ2n) is 17.4. The third kappa shape index (κ3) is 8.25. The molecule has 1 saturated heterocycles. The number of aromatic hydroxyl groups is 1. The van der Waals surface area contributed by atoms with Gasteiger partial charge in [0.15, 0.2) is 0 Å². The number of benzene rings is 4. The van der Waals surface area contributed by atoms with E-state index in [1.54, 1.807) is 6.07 Å². The quantitative estimate of drug-likeness (QED) is 0.117. The van der Waals surface area contributed by atoms with E-state index in [-0.39, 0.29) is 59.1 Å². The summed E-state index contributed by atoms with van der Waals surface area (Å²) in [5.74, 6) is 0.956. The summed E-state index contributed by atoms with van der Waals surface area (Å²) in [6.07, 6.45) is 3.52. The molecule has 3 fully saturated rings. The van der Waals surface area contributed by atoms with E-state index in [0.29, 0.717) is 67.1 Å². The summed E-state index contributed by atoms with van der Waals surface area (Å²) in [6, 6.07) is 21.4. The molecule has 0 amide bonds. The zero-order chi connectivity index (χ0) is 42.5. The van der Waals surface area contributed by atoms with Crippen LogP contribution in [0.4, 0.5) is 8.78 Å². The fraction of sp³-hybridized carbons (Fsp3) is 0.458. The van der Waals surface area contributed by atoms with Gasteiger partial charge in [0.05, 0.1) is 36.3 Å². The van der Waals surface area contributed by atoms with Crippen molar-refractivity contribution in [2.45, 2.75) is 115 Å². The van der Waals surface area contributed by atoms with Gasteiger partial charge < -0.3 is 33.4 Å². The lowest BCUT2D eigenvalue weighted by molar-refractivity contribution is -0.145. The third-order valence-corrected chi connectivity index (χ3v) is 13.0. The molecule has 1 aliphatic heterocycles. The fourth-order valence-corrected chi connectivity index (χ4v) is 8.84. The molecule has 4 aromatic carbocycles. The van der Waals surface area contributed by atoms with E-state index in [0.717, 1.165) is 35.0 Å². The molecule has 316 valence electrons. The molecular weight excluding hydrogens is 769 g/mol. The molecular formula is C48H53BF2O9. The number of hydrogen-bond acceptors (Lipinski definition) is 9. The number of ether oxygens (including phenoxy) is 4. The molecule has 2 saturated carbocycles. The zero-order valence-corrected chi connectivity index (χ0v) is 35.1. The van der Waals surface area contributed by atoms with E-state index in [2.05, 4.69) is 0 Å². The lowest BCUT2D eigenvalue weighted by Crippen LogP contribution is -2.41. The Morgan fingerprint density at radius 1 is 0.667 bits per heavy atom. The highest BCUT2D eigenvalue weighted by molar-refractivity contribution is 6.62. The highest BCUT2D eigenvalue weighted by Crippen LogP contribution is 2.50. The van der Waals surface area contributed by atoms with Gasteiger partial charge in [-0.2, -0.15) is 0 Å². The van der Waals surface area contributed by atoms with Crippen LogP contribution in [0.2, 0.25) is 0 Å². The lowest BCUT2D eigenvalue weighted by Gasteiger charge is -2.32. The number of hydrogen-bond donors (Lipinski definition) is 1. The Labute approximate surface area is 350 Å². The van der Waals surface area contributed by atoms with Gasteiger partial charge in [-0.3, -0.25) is 9.59 Å². The van der Waals surface area contributed by atoms with E-state index in [4.69, 9.17) is 28.3 Å². The van der Waals surface area contributed by atoms with Gasteiger partial charge in [0.1, 0.15) is 41.1 Å². The van der Waals surface area contributed by atoms with Gasteiger partial charge in [0, 0.05) is 16.7 Å². The average molecular weight is 823 g/mol. The molecule has 12 heteroatoms. The van der Waals surface area contributed by atoms with Crippen LogP contribution in [-0.2, 0) is 41.2 Å². The number of halogens is 2. The summed E-state index contributed by atoms with van der Waals surface area (Å²) < 4.78 is 64.0. The number of esters is 2. The van der Waals surface area contributed by atoms with Crippen LogP contribution < -0.4 is 14.9 Å². The Morgan fingerprint density at radius 3 is 1.57 bits per heavy atom. The monoisotopic (exact) mass is 822 g/mol. The summed E-state index contributed by atoms with van der Waals surface area (Å²) in [7, 11) is -0.525. The molecule has 0 bridgehead atoms. The van der Waals surface area contributed by atoms with Crippen LogP contribution in [0.25, 0.3) is 0 Å². The zero-order valence-electron chi connectivity index (χ0n) is 35.1. The maximum absolute atomic E-state index is 15.0. The Kier molecular flexibility index (Phi) is 11.5. The van der Waals surface area contributed by atoms with Crippen LogP contribution in [0.15, 0.2) is 72.8 Å². The van der Waals surface area contributed by atoms with Gasteiger partial charge in [0.2, 0.25) is 0 Å². The molecule has 4 aliphatic carbocycles. The second-order valence-corrected chi connectivity index (χ2v) is 17.4. The minimum Gasteiger partial charge on any atom is -0.508 e. The highest BCUT2D eigenvalue weighted by atomic mass is 19.1. The van der Waals surface area contributed by atoms with Crippen LogP contribution in [0, 0.1) is 23.5 Å². The first-order valence-electron chi connectivity index (χ1n) is 21.2.